The van der Waals surface area contributed by atoms with Gasteiger partial charge in [0.05, 0.1) is 12.7 Å². The van der Waals surface area contributed by atoms with Crippen molar-refractivity contribution in [1.82, 2.24) is 0 Å². The van der Waals surface area contributed by atoms with Gasteiger partial charge in [-0.15, -0.1) is 0 Å². The van der Waals surface area contributed by atoms with Gasteiger partial charge in [-0.3, -0.25) is 0 Å². The number of aryl methyl sites for hydroxylation is 1. The largest absolute Gasteiger partial charge is 0.493 e. The maximum atomic E-state index is 13.0. The Hall–Kier alpha value is -0.570. The van der Waals surface area contributed by atoms with Crippen LogP contribution in [0.5, 0.6) is 5.75 Å². The van der Waals surface area contributed by atoms with Gasteiger partial charge >= 0.3 is 6.18 Å². The van der Waals surface area contributed by atoms with Crippen molar-refractivity contribution in [3.63, 3.8) is 0 Å². The van der Waals surface area contributed by atoms with Crippen molar-refractivity contribution in [2.24, 2.45) is 17.3 Å². The maximum Gasteiger partial charge on any atom is 0.416 e. The average Bonchev–Trinajstić information content (AvgIpc) is 3.29. The SMILES string of the molecule is [2H]CCCCCCSSCCOc1ccc2c(c1)CCC1C2CCC2(C)C(OCCCOC(C)(C)C(F)(F)F)CCC12. The lowest BCUT2D eigenvalue weighted by Crippen LogP contribution is -2.45. The monoisotopic (exact) mass is 617 g/mol. The zero-order valence-corrected chi connectivity index (χ0v) is 26.9. The minimum Gasteiger partial charge on any atom is -0.493 e. The molecule has 1 aromatic carbocycles. The molecule has 3 aliphatic carbocycles. The van der Waals surface area contributed by atoms with E-state index in [9.17, 15) is 13.2 Å². The topological polar surface area (TPSA) is 27.7 Å². The van der Waals surface area contributed by atoms with Crippen LogP contribution in [0, 0.1) is 17.3 Å². The third-order valence-corrected chi connectivity index (χ3v) is 12.3. The molecule has 5 unspecified atom stereocenters. The molecule has 3 nitrogen and oxygen atoms in total. The van der Waals surface area contributed by atoms with E-state index in [4.69, 9.17) is 15.6 Å². The van der Waals surface area contributed by atoms with Crippen LogP contribution in [0.25, 0.3) is 0 Å². The van der Waals surface area contributed by atoms with Crippen LogP contribution < -0.4 is 4.74 Å². The molecule has 0 bridgehead atoms. The predicted molar refractivity (Wildman–Crippen MR) is 166 cm³/mol. The van der Waals surface area contributed by atoms with E-state index >= 15 is 0 Å². The minimum atomic E-state index is -4.37. The molecule has 234 valence electrons. The number of alkyl halides is 3. The van der Waals surface area contributed by atoms with Crippen LogP contribution in [0.1, 0.15) is 110 Å². The highest BCUT2D eigenvalue weighted by atomic mass is 33.1. The second-order valence-electron chi connectivity index (χ2n) is 12.9. The Balaban J connectivity index is 1.20. The van der Waals surface area contributed by atoms with Crippen LogP contribution in [-0.2, 0) is 15.9 Å². The van der Waals surface area contributed by atoms with Crippen LogP contribution in [0.15, 0.2) is 18.2 Å². The van der Waals surface area contributed by atoms with Crippen LogP contribution in [0.4, 0.5) is 13.2 Å². The zero-order chi connectivity index (χ0) is 30.2. The number of unbranched alkanes of at least 4 members (excludes halogenated alkanes) is 3. The van der Waals surface area contributed by atoms with Gasteiger partial charge in [-0.05, 0) is 112 Å². The summed E-state index contributed by atoms with van der Waals surface area (Å²) in [5.41, 5.74) is 0.997. The molecule has 2 fully saturated rings. The zero-order valence-electron chi connectivity index (χ0n) is 26.2. The standard InChI is InChI=1S/C33H51F3O3S2/c1-5-6-7-8-21-40-41-22-20-37-25-11-13-26-24(23-25)10-12-28-27(26)16-17-32(4)29(28)14-15-30(32)38-18-9-19-39-31(2,3)33(34,35)36/h11,13,23,27-30H,5-10,12,14-22H2,1-4H3/i1D. The van der Waals surface area contributed by atoms with Crippen molar-refractivity contribution in [3.05, 3.63) is 29.3 Å². The van der Waals surface area contributed by atoms with E-state index in [-0.39, 0.29) is 18.1 Å². The Kier molecular flexibility index (Phi) is 11.6. The summed E-state index contributed by atoms with van der Waals surface area (Å²) in [5, 5.41) is 0. The molecule has 0 saturated heterocycles. The van der Waals surface area contributed by atoms with Gasteiger partial charge in [-0.2, -0.15) is 13.2 Å². The van der Waals surface area contributed by atoms with Crippen LogP contribution in [0.2, 0.25) is 0 Å². The fourth-order valence-corrected chi connectivity index (χ4v) is 9.37. The van der Waals surface area contributed by atoms with E-state index in [1.165, 1.54) is 55.4 Å². The van der Waals surface area contributed by atoms with Gasteiger partial charge in [0.2, 0.25) is 0 Å². The van der Waals surface area contributed by atoms with Gasteiger partial charge in [0, 0.05) is 26.1 Å². The van der Waals surface area contributed by atoms with Crippen LogP contribution in [-0.4, -0.2) is 49.2 Å². The highest BCUT2D eigenvalue weighted by Gasteiger charge is 2.55. The molecular formula is C33H51F3O3S2. The number of ether oxygens (including phenoxy) is 3. The first-order valence-electron chi connectivity index (χ1n) is 16.4. The molecule has 0 spiro atoms. The molecular weight excluding hydrogens is 565 g/mol. The lowest BCUT2D eigenvalue weighted by molar-refractivity contribution is -0.264. The Morgan fingerprint density at radius 2 is 1.80 bits per heavy atom. The number of halogens is 3. The Bertz CT molecular complexity index is 978. The summed E-state index contributed by atoms with van der Waals surface area (Å²) in [7, 11) is 3.83. The summed E-state index contributed by atoms with van der Waals surface area (Å²) in [5.74, 6) is 5.07. The molecule has 8 heteroatoms. The number of hydrogen-bond acceptors (Lipinski definition) is 5. The number of benzene rings is 1. The van der Waals surface area contributed by atoms with E-state index in [1.54, 1.807) is 0 Å². The van der Waals surface area contributed by atoms with Gasteiger partial charge in [0.1, 0.15) is 5.75 Å². The van der Waals surface area contributed by atoms with Crippen molar-refractivity contribution < 1.29 is 28.8 Å². The molecule has 41 heavy (non-hydrogen) atoms. The average molecular weight is 618 g/mol. The first kappa shape index (κ1) is 31.8. The summed E-state index contributed by atoms with van der Waals surface area (Å²) in [6, 6.07) is 6.78. The third-order valence-electron chi connectivity index (χ3n) is 9.86. The van der Waals surface area contributed by atoms with Gasteiger partial charge in [-0.1, -0.05) is 60.7 Å². The van der Waals surface area contributed by atoms with Gasteiger partial charge < -0.3 is 14.2 Å². The van der Waals surface area contributed by atoms with Gasteiger partial charge in [0.15, 0.2) is 5.60 Å². The lowest BCUT2D eigenvalue weighted by atomic mass is 9.55. The number of hydrogen-bond donors (Lipinski definition) is 0. The molecule has 0 radical (unpaired) electrons. The fourth-order valence-electron chi connectivity index (χ4n) is 7.39. The van der Waals surface area contributed by atoms with E-state index in [2.05, 4.69) is 25.1 Å². The highest BCUT2D eigenvalue weighted by Crippen LogP contribution is 2.61. The quantitative estimate of drug-likeness (QED) is 0.136. The van der Waals surface area contributed by atoms with Crippen molar-refractivity contribution in [1.29, 1.82) is 0 Å². The first-order chi connectivity index (χ1) is 20.1. The van der Waals surface area contributed by atoms with E-state index in [0.717, 1.165) is 57.6 Å². The summed E-state index contributed by atoms with van der Waals surface area (Å²) in [6.07, 6.45) is 7.81. The summed E-state index contributed by atoms with van der Waals surface area (Å²) in [4.78, 5) is 0. The molecule has 0 amide bonds. The van der Waals surface area contributed by atoms with Crippen LogP contribution >= 0.6 is 21.6 Å². The number of rotatable bonds is 16. The second-order valence-corrected chi connectivity index (χ2v) is 15.6. The van der Waals surface area contributed by atoms with Crippen molar-refractivity contribution in [2.75, 3.05) is 31.3 Å². The summed E-state index contributed by atoms with van der Waals surface area (Å²) < 4.78 is 63.9. The van der Waals surface area contributed by atoms with Crippen molar-refractivity contribution in [3.8, 4) is 5.75 Å². The molecule has 1 aromatic rings. The molecule has 3 aliphatic rings. The molecule has 2 saturated carbocycles. The number of fused-ring (bicyclic) bond motifs is 5. The van der Waals surface area contributed by atoms with Crippen molar-refractivity contribution >= 4 is 21.6 Å². The first-order valence-corrected chi connectivity index (χ1v) is 18.2. The molecule has 0 aliphatic heterocycles. The maximum absolute atomic E-state index is 13.0. The van der Waals surface area contributed by atoms with E-state index in [0.29, 0.717) is 37.7 Å². The summed E-state index contributed by atoms with van der Waals surface area (Å²) in [6.45, 7) is 6.35. The van der Waals surface area contributed by atoms with Crippen LogP contribution in [0.3, 0.4) is 0 Å². The molecule has 0 heterocycles. The predicted octanol–water partition coefficient (Wildman–Crippen LogP) is 10.0. The Morgan fingerprint density at radius 1 is 0.976 bits per heavy atom. The van der Waals surface area contributed by atoms with E-state index in [1.807, 2.05) is 21.6 Å². The Labute approximate surface area is 255 Å². The van der Waals surface area contributed by atoms with E-state index < -0.39 is 11.8 Å². The second kappa shape index (κ2) is 14.9. The van der Waals surface area contributed by atoms with Gasteiger partial charge in [-0.25, -0.2) is 0 Å². The molecule has 0 N–H and O–H groups in total. The van der Waals surface area contributed by atoms with Crippen molar-refractivity contribution in [2.45, 2.75) is 122 Å². The minimum absolute atomic E-state index is 0.0543. The highest BCUT2D eigenvalue weighted by molar-refractivity contribution is 8.76. The van der Waals surface area contributed by atoms with Gasteiger partial charge in [0.25, 0.3) is 0 Å². The fraction of sp³-hybridized carbons (Fsp3) is 0.818. The molecule has 5 atom stereocenters. The molecule has 0 aromatic heterocycles. The molecule has 4 rings (SSSR count). The summed E-state index contributed by atoms with van der Waals surface area (Å²) >= 11 is 0. The normalized spacial score (nSPS) is 28.1. The Morgan fingerprint density at radius 3 is 2.61 bits per heavy atom. The third kappa shape index (κ3) is 8.33. The lowest BCUT2D eigenvalue weighted by Gasteiger charge is -2.50. The smallest absolute Gasteiger partial charge is 0.416 e.